The first-order valence-electron chi connectivity index (χ1n) is 8.29. The number of benzene rings is 1. The predicted molar refractivity (Wildman–Crippen MR) is 106 cm³/mol. The zero-order valence-corrected chi connectivity index (χ0v) is 16.5. The topological polar surface area (TPSA) is 84.2 Å². The van der Waals surface area contributed by atoms with Crippen molar-refractivity contribution < 1.29 is 9.59 Å². The van der Waals surface area contributed by atoms with Gasteiger partial charge in [-0.15, -0.1) is 11.3 Å². The predicted octanol–water partition coefficient (Wildman–Crippen LogP) is 3.93. The molecule has 0 spiro atoms. The third-order valence-corrected chi connectivity index (χ3v) is 6.19. The number of hydrogen-bond donors (Lipinski definition) is 3. The maximum Gasteiger partial charge on any atom is 0.251 e. The number of carbonyl (C=O) groups excluding carboxylic acids is 2. The van der Waals surface area contributed by atoms with Gasteiger partial charge in [-0.3, -0.25) is 9.59 Å². The van der Waals surface area contributed by atoms with Gasteiger partial charge in [0.2, 0.25) is 5.91 Å². The molecular formula is C18H19Cl2N3O2S. The molecule has 0 saturated carbocycles. The summed E-state index contributed by atoms with van der Waals surface area (Å²) in [6, 6.07) is 5.13. The second-order valence-electron chi connectivity index (χ2n) is 6.24. The minimum absolute atomic E-state index is 0.0842. The van der Waals surface area contributed by atoms with Crippen molar-refractivity contribution in [1.29, 1.82) is 0 Å². The Balaban J connectivity index is 1.64. The van der Waals surface area contributed by atoms with Crippen LogP contribution in [0.4, 0.5) is 5.00 Å². The molecule has 0 saturated heterocycles. The van der Waals surface area contributed by atoms with E-state index in [-0.39, 0.29) is 18.5 Å². The molecule has 0 fully saturated rings. The fourth-order valence-electron chi connectivity index (χ4n) is 3.13. The lowest BCUT2D eigenvalue weighted by Gasteiger charge is -2.16. The highest BCUT2D eigenvalue weighted by Gasteiger charge is 2.26. The van der Waals surface area contributed by atoms with Crippen LogP contribution >= 0.6 is 34.5 Å². The van der Waals surface area contributed by atoms with Crippen LogP contribution in [0.15, 0.2) is 18.2 Å². The number of aryl methyl sites for hydroxylation is 1. The number of rotatable bonds is 6. The van der Waals surface area contributed by atoms with Crippen molar-refractivity contribution in [3.8, 4) is 0 Å². The third-order valence-electron chi connectivity index (χ3n) is 4.42. The van der Waals surface area contributed by atoms with E-state index in [0.717, 1.165) is 35.3 Å². The highest BCUT2D eigenvalue weighted by Crippen LogP contribution is 2.38. The van der Waals surface area contributed by atoms with Crippen LogP contribution < -0.4 is 16.4 Å². The minimum atomic E-state index is -0.492. The Kier molecular flexibility index (Phi) is 5.87. The summed E-state index contributed by atoms with van der Waals surface area (Å²) < 4.78 is 0. The van der Waals surface area contributed by atoms with Gasteiger partial charge in [-0.2, -0.15) is 0 Å². The van der Waals surface area contributed by atoms with Gasteiger partial charge in [0.1, 0.15) is 5.00 Å². The zero-order valence-electron chi connectivity index (χ0n) is 14.2. The Hall–Kier alpha value is -1.60. The molecule has 2 amide bonds. The van der Waals surface area contributed by atoms with E-state index in [1.54, 1.807) is 12.1 Å². The summed E-state index contributed by atoms with van der Waals surface area (Å²) in [7, 11) is 0. The van der Waals surface area contributed by atoms with Crippen molar-refractivity contribution in [2.75, 3.05) is 11.9 Å². The summed E-state index contributed by atoms with van der Waals surface area (Å²) in [6.45, 7) is 2.00. The van der Waals surface area contributed by atoms with Crippen LogP contribution in [-0.2, 0) is 17.6 Å². The number of primary amides is 1. The van der Waals surface area contributed by atoms with Crippen LogP contribution in [0.3, 0.4) is 0 Å². The molecule has 1 aliphatic rings. The number of nitrogens with one attached hydrogen (secondary N) is 2. The Bertz CT molecular complexity index is 866. The molecule has 1 heterocycles. The molecule has 1 aromatic heterocycles. The first-order valence-corrected chi connectivity index (χ1v) is 9.86. The molecular weight excluding hydrogens is 393 g/mol. The Morgan fingerprint density at radius 1 is 1.31 bits per heavy atom. The summed E-state index contributed by atoms with van der Waals surface area (Å²) in [6.07, 6.45) is 2.79. The first-order chi connectivity index (χ1) is 12.4. The van der Waals surface area contributed by atoms with E-state index < -0.39 is 5.91 Å². The second-order valence-corrected chi connectivity index (χ2v) is 8.19. The molecule has 0 aliphatic heterocycles. The summed E-state index contributed by atoms with van der Waals surface area (Å²) >= 11 is 13.5. The molecule has 0 radical (unpaired) electrons. The van der Waals surface area contributed by atoms with Crippen molar-refractivity contribution in [1.82, 2.24) is 5.32 Å². The van der Waals surface area contributed by atoms with Crippen LogP contribution in [0, 0.1) is 0 Å². The number of halogens is 2. The molecule has 8 heteroatoms. The van der Waals surface area contributed by atoms with Gasteiger partial charge in [-0.1, -0.05) is 29.3 Å². The van der Waals surface area contributed by atoms with Crippen LogP contribution in [-0.4, -0.2) is 18.4 Å². The highest BCUT2D eigenvalue weighted by atomic mass is 35.5. The van der Waals surface area contributed by atoms with Gasteiger partial charge >= 0.3 is 0 Å². The summed E-state index contributed by atoms with van der Waals surface area (Å²) in [5, 5.41) is 7.60. The maximum atomic E-state index is 12.3. The van der Waals surface area contributed by atoms with Crippen molar-refractivity contribution >= 4 is 51.4 Å². The number of carbonyl (C=O) groups is 2. The molecule has 26 heavy (non-hydrogen) atoms. The van der Waals surface area contributed by atoms with E-state index in [1.807, 2.05) is 13.0 Å². The first kappa shape index (κ1) is 19.2. The van der Waals surface area contributed by atoms with Gasteiger partial charge in [0.25, 0.3) is 5.91 Å². The monoisotopic (exact) mass is 411 g/mol. The van der Waals surface area contributed by atoms with E-state index in [9.17, 15) is 9.59 Å². The quantitative estimate of drug-likeness (QED) is 0.672. The number of anilines is 1. The molecule has 2 aromatic rings. The summed E-state index contributed by atoms with van der Waals surface area (Å²) in [4.78, 5) is 25.2. The highest BCUT2D eigenvalue weighted by molar-refractivity contribution is 7.17. The lowest BCUT2D eigenvalue weighted by molar-refractivity contribution is -0.115. The fraction of sp³-hybridized carbons (Fsp3) is 0.333. The van der Waals surface area contributed by atoms with E-state index >= 15 is 0 Å². The average molecular weight is 412 g/mol. The molecule has 0 unspecified atom stereocenters. The van der Waals surface area contributed by atoms with Gasteiger partial charge in [0, 0.05) is 21.0 Å². The Morgan fingerprint density at radius 3 is 2.77 bits per heavy atom. The van der Waals surface area contributed by atoms with Gasteiger partial charge in [0.15, 0.2) is 0 Å². The van der Waals surface area contributed by atoms with Crippen LogP contribution in [0.25, 0.3) is 0 Å². The van der Waals surface area contributed by atoms with Crippen LogP contribution in [0.2, 0.25) is 10.0 Å². The van der Waals surface area contributed by atoms with Gasteiger partial charge in [-0.05, 0) is 49.4 Å². The molecule has 138 valence electrons. The van der Waals surface area contributed by atoms with E-state index in [2.05, 4.69) is 10.6 Å². The molecule has 1 aliphatic carbocycles. The fourth-order valence-corrected chi connectivity index (χ4v) is 5.02. The molecule has 0 bridgehead atoms. The average Bonchev–Trinajstić information content (AvgIpc) is 3.12. The second kappa shape index (κ2) is 7.96. The molecule has 5 nitrogen and oxygen atoms in total. The Labute approximate surface area is 165 Å². The normalized spacial score (nSPS) is 14.1. The van der Waals surface area contributed by atoms with E-state index in [4.69, 9.17) is 28.9 Å². The largest absolute Gasteiger partial charge is 0.365 e. The minimum Gasteiger partial charge on any atom is -0.365 e. The van der Waals surface area contributed by atoms with E-state index in [0.29, 0.717) is 20.6 Å². The van der Waals surface area contributed by atoms with Crippen molar-refractivity contribution in [2.24, 2.45) is 5.73 Å². The maximum absolute atomic E-state index is 12.3. The number of thiophene rings is 1. The number of hydrogen-bond acceptors (Lipinski definition) is 4. The number of fused-ring (bicyclic) bond motifs is 1. The lowest BCUT2D eigenvalue weighted by atomic mass is 10.1. The summed E-state index contributed by atoms with van der Waals surface area (Å²) in [5.74, 6) is -0.724. The van der Waals surface area contributed by atoms with Gasteiger partial charge < -0.3 is 16.4 Å². The third kappa shape index (κ3) is 4.04. The standard InChI is InChI=1S/C18H19Cl2N3O2S/c1-9(11-6-5-10(19)7-13(11)20)22-8-15(24)23-18-16(17(21)25)12-3-2-4-14(12)26-18/h5-7,9,22H,2-4,8H2,1H3,(H2,21,25)(H,23,24)/t9-/m1/s1. The van der Waals surface area contributed by atoms with Crippen LogP contribution in [0.5, 0.6) is 0 Å². The van der Waals surface area contributed by atoms with Gasteiger partial charge in [0.05, 0.1) is 12.1 Å². The van der Waals surface area contributed by atoms with Crippen molar-refractivity contribution in [2.45, 2.75) is 32.2 Å². The van der Waals surface area contributed by atoms with Crippen LogP contribution in [0.1, 0.15) is 45.7 Å². The molecule has 3 rings (SSSR count). The lowest BCUT2D eigenvalue weighted by Crippen LogP contribution is -2.30. The molecule has 4 N–H and O–H groups in total. The zero-order chi connectivity index (χ0) is 18.8. The number of amides is 2. The van der Waals surface area contributed by atoms with Crippen molar-refractivity contribution in [3.63, 3.8) is 0 Å². The molecule has 1 atom stereocenters. The SMILES string of the molecule is C[C@@H](NCC(=O)Nc1sc2c(c1C(N)=O)CCC2)c1ccc(Cl)cc1Cl. The van der Waals surface area contributed by atoms with Crippen molar-refractivity contribution in [3.05, 3.63) is 49.8 Å². The number of nitrogens with two attached hydrogens (primary N) is 1. The van der Waals surface area contributed by atoms with E-state index in [1.165, 1.54) is 11.3 Å². The summed E-state index contributed by atoms with van der Waals surface area (Å²) in [5.41, 5.74) is 7.82. The smallest absolute Gasteiger partial charge is 0.251 e. The molecule has 1 aromatic carbocycles. The van der Waals surface area contributed by atoms with Gasteiger partial charge in [-0.25, -0.2) is 0 Å². The Morgan fingerprint density at radius 2 is 2.08 bits per heavy atom.